The Hall–Kier alpha value is -2.57. The normalized spacial score (nSPS) is 17.2. The molecule has 1 aromatic carbocycles. The molecule has 1 fully saturated rings. The number of nitrogens with zero attached hydrogens (tertiary/aromatic N) is 1. The summed E-state index contributed by atoms with van der Waals surface area (Å²) >= 11 is 0. The molecule has 1 heterocycles. The van der Waals surface area contributed by atoms with E-state index in [-0.39, 0.29) is 11.8 Å². The number of amides is 3. The first-order valence-electron chi connectivity index (χ1n) is 9.29. The van der Waals surface area contributed by atoms with Gasteiger partial charge < -0.3 is 15.4 Å². The fraction of sp³-hybridized carbons (Fsp3) is 0.550. The molecule has 1 aliphatic rings. The molecule has 2 N–H and O–H groups in total. The lowest BCUT2D eigenvalue weighted by Gasteiger charge is -2.35. The van der Waals surface area contributed by atoms with E-state index in [2.05, 4.69) is 10.6 Å². The van der Waals surface area contributed by atoms with Crippen molar-refractivity contribution in [2.75, 3.05) is 13.6 Å². The largest absolute Gasteiger partial charge is 0.444 e. The summed E-state index contributed by atoms with van der Waals surface area (Å²) in [6.45, 7) is 6.23. The summed E-state index contributed by atoms with van der Waals surface area (Å²) in [5.74, 6) is -0.377. The molecule has 1 saturated heterocycles. The number of nitrogens with one attached hydrogen (secondary N) is 2. The van der Waals surface area contributed by atoms with Gasteiger partial charge in [-0.25, -0.2) is 4.79 Å². The molecule has 3 amide bonds. The van der Waals surface area contributed by atoms with Crippen LogP contribution in [-0.4, -0.2) is 48.0 Å². The maximum absolute atomic E-state index is 12.7. The van der Waals surface area contributed by atoms with E-state index in [4.69, 9.17) is 4.74 Å². The molecule has 0 aliphatic carbocycles. The molecule has 1 aromatic rings. The smallest absolute Gasteiger partial charge is 0.410 e. The third-order valence-electron chi connectivity index (χ3n) is 4.32. The average molecular weight is 375 g/mol. The summed E-state index contributed by atoms with van der Waals surface area (Å²) in [5, 5.41) is 5.46. The van der Waals surface area contributed by atoms with Crippen LogP contribution in [0.25, 0.3) is 0 Å². The van der Waals surface area contributed by atoms with E-state index in [1.54, 1.807) is 25.2 Å². The quantitative estimate of drug-likeness (QED) is 0.846. The predicted octanol–water partition coefficient (Wildman–Crippen LogP) is 2.45. The van der Waals surface area contributed by atoms with Crippen molar-refractivity contribution in [1.82, 2.24) is 15.5 Å². The zero-order valence-electron chi connectivity index (χ0n) is 16.5. The zero-order valence-corrected chi connectivity index (χ0v) is 16.5. The number of carbonyl (C=O) groups is 3. The van der Waals surface area contributed by atoms with Gasteiger partial charge in [0.2, 0.25) is 5.91 Å². The van der Waals surface area contributed by atoms with E-state index in [9.17, 15) is 14.4 Å². The Kier molecular flexibility index (Phi) is 6.82. The van der Waals surface area contributed by atoms with Crippen LogP contribution in [0, 0.1) is 0 Å². The molecule has 148 valence electrons. The van der Waals surface area contributed by atoms with Gasteiger partial charge in [0, 0.05) is 25.7 Å². The van der Waals surface area contributed by atoms with Crippen LogP contribution in [0.4, 0.5) is 4.79 Å². The van der Waals surface area contributed by atoms with Crippen LogP contribution in [0.1, 0.15) is 56.0 Å². The molecule has 7 nitrogen and oxygen atoms in total. The van der Waals surface area contributed by atoms with Crippen LogP contribution in [-0.2, 0) is 16.1 Å². The first kappa shape index (κ1) is 20.7. The molecule has 2 rings (SSSR count). The molecule has 1 unspecified atom stereocenters. The number of carbonyl (C=O) groups excluding carboxylic acids is 3. The Labute approximate surface area is 160 Å². The number of rotatable bonds is 4. The Morgan fingerprint density at radius 1 is 1.22 bits per heavy atom. The SMILES string of the molecule is CNC(=O)c1cccc(CNC(=O)C2CCCCN2C(=O)OC(C)(C)C)c1. The highest BCUT2D eigenvalue weighted by atomic mass is 16.6. The van der Waals surface area contributed by atoms with E-state index >= 15 is 0 Å². The van der Waals surface area contributed by atoms with Crippen molar-refractivity contribution in [2.45, 2.75) is 58.2 Å². The summed E-state index contributed by atoms with van der Waals surface area (Å²) in [6, 6.07) is 6.55. The first-order chi connectivity index (χ1) is 12.7. The van der Waals surface area contributed by atoms with Crippen molar-refractivity contribution in [2.24, 2.45) is 0 Å². The maximum Gasteiger partial charge on any atom is 0.410 e. The summed E-state index contributed by atoms with van der Waals surface area (Å²) in [5.41, 5.74) is 0.761. The van der Waals surface area contributed by atoms with Crippen molar-refractivity contribution in [3.63, 3.8) is 0 Å². The molecule has 0 radical (unpaired) electrons. The molecule has 7 heteroatoms. The van der Waals surface area contributed by atoms with Crippen molar-refractivity contribution < 1.29 is 19.1 Å². The van der Waals surface area contributed by atoms with E-state index in [0.29, 0.717) is 25.1 Å². The lowest BCUT2D eigenvalue weighted by molar-refractivity contribution is -0.127. The molecule has 0 saturated carbocycles. The highest BCUT2D eigenvalue weighted by Crippen LogP contribution is 2.20. The number of likely N-dealkylation sites (tertiary alicyclic amines) is 1. The fourth-order valence-electron chi connectivity index (χ4n) is 3.02. The van der Waals surface area contributed by atoms with E-state index < -0.39 is 17.7 Å². The molecule has 1 aliphatic heterocycles. The minimum Gasteiger partial charge on any atom is -0.444 e. The summed E-state index contributed by atoms with van der Waals surface area (Å²) in [7, 11) is 1.57. The van der Waals surface area contributed by atoms with Gasteiger partial charge in [0.05, 0.1) is 0 Å². The van der Waals surface area contributed by atoms with Gasteiger partial charge in [0.1, 0.15) is 11.6 Å². The fourth-order valence-corrected chi connectivity index (χ4v) is 3.02. The second-order valence-electron chi connectivity index (χ2n) is 7.68. The number of hydrogen-bond donors (Lipinski definition) is 2. The third kappa shape index (κ3) is 5.98. The van der Waals surface area contributed by atoms with Gasteiger partial charge in [-0.1, -0.05) is 12.1 Å². The van der Waals surface area contributed by atoms with Crippen molar-refractivity contribution in [3.05, 3.63) is 35.4 Å². The van der Waals surface area contributed by atoms with Crippen molar-refractivity contribution in [3.8, 4) is 0 Å². The van der Waals surface area contributed by atoms with E-state index in [0.717, 1.165) is 18.4 Å². The minimum absolute atomic E-state index is 0.174. The third-order valence-corrected chi connectivity index (χ3v) is 4.32. The Morgan fingerprint density at radius 3 is 2.63 bits per heavy atom. The van der Waals surface area contributed by atoms with Crippen molar-refractivity contribution >= 4 is 17.9 Å². The lowest BCUT2D eigenvalue weighted by Crippen LogP contribution is -2.52. The molecule has 0 aromatic heterocycles. The molecule has 27 heavy (non-hydrogen) atoms. The number of hydrogen-bond acceptors (Lipinski definition) is 4. The number of piperidine rings is 1. The van der Waals surface area contributed by atoms with Gasteiger partial charge in [-0.15, -0.1) is 0 Å². The van der Waals surface area contributed by atoms with Gasteiger partial charge in [0.25, 0.3) is 5.91 Å². The standard InChI is InChI=1S/C20H29N3O4/c1-20(2,3)27-19(26)23-11-6-5-10-16(23)18(25)22-13-14-8-7-9-15(12-14)17(24)21-4/h7-9,12,16H,5-6,10-11,13H2,1-4H3,(H,21,24)(H,22,25). The van der Waals surface area contributed by atoms with Crippen LogP contribution in [0.2, 0.25) is 0 Å². The Balaban J connectivity index is 2.01. The van der Waals surface area contributed by atoms with Crippen LogP contribution < -0.4 is 10.6 Å². The highest BCUT2D eigenvalue weighted by Gasteiger charge is 2.34. The first-order valence-corrected chi connectivity index (χ1v) is 9.29. The summed E-state index contributed by atoms with van der Waals surface area (Å²) < 4.78 is 5.44. The van der Waals surface area contributed by atoms with E-state index in [1.165, 1.54) is 4.90 Å². The van der Waals surface area contributed by atoms with Gasteiger partial charge in [-0.05, 0) is 57.7 Å². The topological polar surface area (TPSA) is 87.7 Å². The molecular weight excluding hydrogens is 346 g/mol. The minimum atomic E-state index is -0.601. The monoisotopic (exact) mass is 375 g/mol. The van der Waals surface area contributed by atoms with E-state index in [1.807, 2.05) is 26.8 Å². The van der Waals surface area contributed by atoms with Crippen LogP contribution in [0.15, 0.2) is 24.3 Å². The average Bonchev–Trinajstić information content (AvgIpc) is 2.64. The lowest BCUT2D eigenvalue weighted by atomic mass is 10.0. The van der Waals surface area contributed by atoms with Crippen LogP contribution >= 0.6 is 0 Å². The summed E-state index contributed by atoms with van der Waals surface area (Å²) in [6.07, 6.45) is 1.91. The van der Waals surface area contributed by atoms with Crippen LogP contribution in [0.5, 0.6) is 0 Å². The number of benzene rings is 1. The maximum atomic E-state index is 12.7. The van der Waals surface area contributed by atoms with Crippen molar-refractivity contribution in [1.29, 1.82) is 0 Å². The molecule has 0 spiro atoms. The van der Waals surface area contributed by atoms with Gasteiger partial charge in [-0.3, -0.25) is 14.5 Å². The predicted molar refractivity (Wildman–Crippen MR) is 102 cm³/mol. The Bertz CT molecular complexity index is 697. The zero-order chi connectivity index (χ0) is 20.0. The Morgan fingerprint density at radius 2 is 1.96 bits per heavy atom. The molecule has 1 atom stereocenters. The number of ether oxygens (including phenoxy) is 1. The van der Waals surface area contributed by atoms with Gasteiger partial charge >= 0.3 is 6.09 Å². The van der Waals surface area contributed by atoms with Gasteiger partial charge in [-0.2, -0.15) is 0 Å². The highest BCUT2D eigenvalue weighted by molar-refractivity contribution is 5.94. The van der Waals surface area contributed by atoms with Gasteiger partial charge in [0.15, 0.2) is 0 Å². The molecular formula is C20H29N3O4. The second-order valence-corrected chi connectivity index (χ2v) is 7.68. The molecule has 0 bridgehead atoms. The summed E-state index contributed by atoms with van der Waals surface area (Å²) in [4.78, 5) is 38.4. The van der Waals surface area contributed by atoms with Crippen LogP contribution in [0.3, 0.4) is 0 Å². The second kappa shape index (κ2) is 8.88.